The van der Waals surface area contributed by atoms with Gasteiger partial charge in [-0.05, 0) is 0 Å². The van der Waals surface area contributed by atoms with Crippen molar-refractivity contribution in [2.75, 3.05) is 36.0 Å². The molecule has 2 atom stereocenters. The Morgan fingerprint density at radius 3 is 2.41 bits per heavy atom. The van der Waals surface area contributed by atoms with Gasteiger partial charge in [-0.25, -0.2) is 8.78 Å². The fourth-order valence-electron chi connectivity index (χ4n) is 3.35. The number of ether oxygens (including phenoxy) is 1. The van der Waals surface area contributed by atoms with Gasteiger partial charge in [-0.2, -0.15) is 0 Å². The highest BCUT2D eigenvalue weighted by atomic mass is 35.5. The van der Waals surface area contributed by atoms with Crippen LogP contribution in [0.1, 0.15) is 19.3 Å². The van der Waals surface area contributed by atoms with Gasteiger partial charge in [-0.1, -0.05) is 11.6 Å². The number of halogens is 3. The van der Waals surface area contributed by atoms with E-state index in [9.17, 15) is 8.78 Å². The molecule has 22 heavy (non-hydrogen) atoms. The van der Waals surface area contributed by atoms with E-state index in [4.69, 9.17) is 16.3 Å². The molecule has 0 radical (unpaired) electrons. The van der Waals surface area contributed by atoms with Gasteiger partial charge in [0.2, 0.25) is 0 Å². The Kier molecular flexibility index (Phi) is 3.38. The Balaban J connectivity index is 1.53. The van der Waals surface area contributed by atoms with Crippen LogP contribution in [0.4, 0.5) is 20.3 Å². The summed E-state index contributed by atoms with van der Waals surface area (Å²) in [6.45, 7) is 2.16. The summed E-state index contributed by atoms with van der Waals surface area (Å²) in [6.07, 6.45) is 1.35. The van der Waals surface area contributed by atoms with E-state index in [2.05, 4.69) is 15.1 Å². The van der Waals surface area contributed by atoms with Crippen molar-refractivity contribution in [3.63, 3.8) is 0 Å². The molecule has 0 aromatic carbocycles. The molecule has 1 aromatic rings. The average molecular weight is 331 g/mol. The van der Waals surface area contributed by atoms with Crippen molar-refractivity contribution < 1.29 is 13.5 Å². The van der Waals surface area contributed by atoms with Crippen molar-refractivity contribution in [3.8, 4) is 0 Å². The molecule has 4 saturated heterocycles. The van der Waals surface area contributed by atoms with E-state index in [-0.39, 0.29) is 43.3 Å². The Morgan fingerprint density at radius 2 is 1.77 bits per heavy atom. The molecule has 1 aromatic heterocycles. The zero-order chi connectivity index (χ0) is 15.3. The molecule has 0 aliphatic carbocycles. The van der Waals surface area contributed by atoms with Gasteiger partial charge in [-0.3, -0.25) is 0 Å². The molecule has 2 unspecified atom stereocenters. The van der Waals surface area contributed by atoms with E-state index >= 15 is 0 Å². The highest BCUT2D eigenvalue weighted by molar-refractivity contribution is 6.32. The van der Waals surface area contributed by atoms with Crippen LogP contribution < -0.4 is 9.80 Å². The van der Waals surface area contributed by atoms with E-state index in [1.165, 1.54) is 0 Å². The first-order chi connectivity index (χ1) is 10.5. The van der Waals surface area contributed by atoms with Crippen molar-refractivity contribution >= 4 is 23.1 Å². The Bertz CT molecular complexity index is 562. The number of rotatable bonds is 2. The Labute approximate surface area is 132 Å². The lowest BCUT2D eigenvalue weighted by molar-refractivity contribution is -0.133. The Hall–Kier alpha value is -1.21. The zero-order valence-electron chi connectivity index (χ0n) is 12.0. The first-order valence-corrected chi connectivity index (χ1v) is 7.94. The number of nitrogens with zero attached hydrogens (tertiary/aromatic N) is 4. The summed E-state index contributed by atoms with van der Waals surface area (Å²) < 4.78 is 32.2. The van der Waals surface area contributed by atoms with Crippen molar-refractivity contribution in [2.24, 2.45) is 0 Å². The minimum atomic E-state index is -2.57. The summed E-state index contributed by atoms with van der Waals surface area (Å²) in [5.74, 6) is -1.83. The molecule has 8 heteroatoms. The van der Waals surface area contributed by atoms with Crippen molar-refractivity contribution in [1.82, 2.24) is 10.2 Å². The molecule has 0 spiro atoms. The van der Waals surface area contributed by atoms with Gasteiger partial charge in [0.25, 0.3) is 5.92 Å². The van der Waals surface area contributed by atoms with E-state index in [1.807, 2.05) is 11.0 Å². The second-order valence-corrected chi connectivity index (χ2v) is 6.60. The van der Waals surface area contributed by atoms with Gasteiger partial charge >= 0.3 is 0 Å². The van der Waals surface area contributed by atoms with E-state index in [0.717, 1.165) is 25.3 Å². The lowest BCUT2D eigenvalue weighted by atomic mass is 9.99. The maximum absolute atomic E-state index is 13.3. The predicted molar refractivity (Wildman–Crippen MR) is 78.9 cm³/mol. The lowest BCUT2D eigenvalue weighted by Gasteiger charge is -2.47. The summed E-state index contributed by atoms with van der Waals surface area (Å²) in [4.78, 5) is 4.01. The fraction of sp³-hybridized carbons (Fsp3) is 0.714. The standard InChI is InChI=1S/C14H17ClF2N4O/c15-13-11(20-3-1-14(16,17)2-4-20)6-12(18-19-13)21-7-9-5-10(8-21)22-9/h6,9-10H,1-5,7-8H2. The molecule has 0 N–H and O–H groups in total. The monoisotopic (exact) mass is 330 g/mol. The van der Waals surface area contributed by atoms with Crippen molar-refractivity contribution in [2.45, 2.75) is 37.4 Å². The maximum atomic E-state index is 13.3. The van der Waals surface area contributed by atoms with Crippen LogP contribution in [0.2, 0.25) is 5.15 Å². The van der Waals surface area contributed by atoms with Gasteiger partial charge in [0.05, 0.1) is 17.9 Å². The first-order valence-electron chi connectivity index (χ1n) is 7.57. The topological polar surface area (TPSA) is 41.5 Å². The SMILES string of the molecule is FC1(F)CCN(c2cc(N3CC4CC(C3)O4)nnc2Cl)CC1. The molecule has 5 rings (SSSR count). The molecular formula is C14H17ClF2N4O. The van der Waals surface area contributed by atoms with Crippen LogP contribution in [0.25, 0.3) is 0 Å². The second-order valence-electron chi connectivity index (χ2n) is 6.24. The highest BCUT2D eigenvalue weighted by Crippen LogP contribution is 2.36. The molecular weight excluding hydrogens is 314 g/mol. The molecule has 4 fully saturated rings. The number of fused-ring (bicyclic) bond motifs is 2. The summed E-state index contributed by atoms with van der Waals surface area (Å²) in [7, 11) is 0. The van der Waals surface area contributed by atoms with Crippen LogP contribution >= 0.6 is 11.6 Å². The predicted octanol–water partition coefficient (Wildman–Crippen LogP) is 2.34. The highest BCUT2D eigenvalue weighted by Gasteiger charge is 2.39. The summed E-state index contributed by atoms with van der Waals surface area (Å²) >= 11 is 6.13. The molecule has 4 aliphatic rings. The quantitative estimate of drug-likeness (QED) is 0.832. The van der Waals surface area contributed by atoms with Crippen LogP contribution in [0.15, 0.2) is 6.07 Å². The second kappa shape index (κ2) is 5.16. The van der Waals surface area contributed by atoms with Crippen LogP contribution in [0.3, 0.4) is 0 Å². The lowest BCUT2D eigenvalue weighted by Crippen LogP contribution is -2.57. The Morgan fingerprint density at radius 1 is 1.14 bits per heavy atom. The van der Waals surface area contributed by atoms with Gasteiger partial charge in [0.1, 0.15) is 0 Å². The normalized spacial score (nSPS) is 30.1. The van der Waals surface area contributed by atoms with Gasteiger partial charge in [0.15, 0.2) is 11.0 Å². The van der Waals surface area contributed by atoms with Gasteiger partial charge in [-0.15, -0.1) is 10.2 Å². The van der Waals surface area contributed by atoms with Crippen LogP contribution in [-0.4, -0.2) is 54.5 Å². The van der Waals surface area contributed by atoms with Gasteiger partial charge in [0, 0.05) is 51.5 Å². The third kappa shape index (κ3) is 2.60. The van der Waals surface area contributed by atoms with E-state index in [1.54, 1.807) is 0 Å². The molecule has 4 aliphatic heterocycles. The van der Waals surface area contributed by atoms with E-state index in [0.29, 0.717) is 5.69 Å². The minimum Gasteiger partial charge on any atom is -0.371 e. The largest absolute Gasteiger partial charge is 0.371 e. The number of hydrogen-bond donors (Lipinski definition) is 0. The van der Waals surface area contributed by atoms with Crippen molar-refractivity contribution in [1.29, 1.82) is 0 Å². The summed E-state index contributed by atoms with van der Waals surface area (Å²) in [5, 5.41) is 8.43. The van der Waals surface area contributed by atoms with Gasteiger partial charge < -0.3 is 14.5 Å². The number of piperidine rings is 2. The molecule has 5 heterocycles. The van der Waals surface area contributed by atoms with Crippen LogP contribution in [-0.2, 0) is 4.74 Å². The number of aromatic nitrogens is 2. The maximum Gasteiger partial charge on any atom is 0.251 e. The average Bonchev–Trinajstić information content (AvgIpc) is 2.47. The van der Waals surface area contributed by atoms with Crippen molar-refractivity contribution in [3.05, 3.63) is 11.2 Å². The van der Waals surface area contributed by atoms with Crippen LogP contribution in [0, 0.1) is 0 Å². The smallest absolute Gasteiger partial charge is 0.251 e. The third-order valence-corrected chi connectivity index (χ3v) is 4.91. The number of anilines is 2. The molecule has 0 saturated carbocycles. The summed E-state index contributed by atoms with van der Waals surface area (Å²) in [5.41, 5.74) is 0.697. The third-order valence-electron chi connectivity index (χ3n) is 4.64. The van der Waals surface area contributed by atoms with Crippen LogP contribution in [0.5, 0.6) is 0 Å². The number of morpholine rings is 1. The number of hydrogen-bond acceptors (Lipinski definition) is 5. The molecule has 0 amide bonds. The minimum absolute atomic E-state index is 0.150. The molecule has 5 nitrogen and oxygen atoms in total. The fourth-order valence-corrected chi connectivity index (χ4v) is 3.56. The first kappa shape index (κ1) is 14.4. The zero-order valence-corrected chi connectivity index (χ0v) is 12.8. The molecule has 2 bridgehead atoms. The van der Waals surface area contributed by atoms with E-state index < -0.39 is 5.92 Å². The molecule has 120 valence electrons. The summed E-state index contributed by atoms with van der Waals surface area (Å²) in [6, 6.07) is 1.86. The number of alkyl halides is 2.